The number of halogens is 1. The number of ether oxygens (including phenoxy) is 3. The number of carbonyl (C=O) groups excluding carboxylic acids is 3. The second-order valence-electron chi connectivity index (χ2n) is 10.5. The first kappa shape index (κ1) is 29.8. The maximum atomic E-state index is 14.4. The molecule has 0 spiro atoms. The minimum absolute atomic E-state index is 0.101. The molecule has 0 saturated carbocycles. The maximum absolute atomic E-state index is 14.4. The van der Waals surface area contributed by atoms with E-state index in [1.165, 1.54) is 26.4 Å². The SMILES string of the molecule is COc1cc2ccc1Oc1cc(F)cc(c1)CNC(=O)CCCN(C(=O)c1cc3c(nc1OC)CCC3)CCCNC2=O. The van der Waals surface area contributed by atoms with Crippen molar-refractivity contribution in [1.29, 1.82) is 0 Å². The van der Waals surface area contributed by atoms with Crippen molar-refractivity contribution in [3.8, 4) is 23.1 Å². The Hall–Kier alpha value is -4.67. The number of fused-ring (bicyclic) bond motifs is 14. The van der Waals surface area contributed by atoms with E-state index in [0.29, 0.717) is 66.5 Å². The van der Waals surface area contributed by atoms with Crippen LogP contribution in [-0.4, -0.2) is 61.5 Å². The van der Waals surface area contributed by atoms with E-state index in [9.17, 15) is 18.8 Å². The second-order valence-corrected chi connectivity index (χ2v) is 10.5. The van der Waals surface area contributed by atoms with E-state index in [0.717, 1.165) is 30.5 Å². The highest BCUT2D eigenvalue weighted by Crippen LogP contribution is 2.33. The molecule has 0 unspecified atom stereocenters. The van der Waals surface area contributed by atoms with Gasteiger partial charge in [-0.1, -0.05) is 0 Å². The normalized spacial score (nSPS) is 16.0. The molecule has 2 N–H and O–H groups in total. The Kier molecular flexibility index (Phi) is 9.38. The lowest BCUT2D eigenvalue weighted by Crippen LogP contribution is -2.36. The Labute approximate surface area is 249 Å². The van der Waals surface area contributed by atoms with Crippen LogP contribution in [-0.2, 0) is 24.2 Å². The van der Waals surface area contributed by atoms with Crippen LogP contribution in [0.3, 0.4) is 0 Å². The fraction of sp³-hybridized carbons (Fsp3) is 0.375. The minimum atomic E-state index is -0.524. The molecule has 0 radical (unpaired) electrons. The summed E-state index contributed by atoms with van der Waals surface area (Å²) in [5, 5.41) is 5.70. The summed E-state index contributed by atoms with van der Waals surface area (Å²) in [5.41, 5.74) is 3.28. The quantitative estimate of drug-likeness (QED) is 0.470. The van der Waals surface area contributed by atoms with E-state index >= 15 is 0 Å². The highest BCUT2D eigenvalue weighted by Gasteiger charge is 2.25. The van der Waals surface area contributed by atoms with Gasteiger partial charge in [-0.3, -0.25) is 14.4 Å². The van der Waals surface area contributed by atoms with Crippen LogP contribution >= 0.6 is 0 Å². The highest BCUT2D eigenvalue weighted by atomic mass is 19.1. The number of carbonyl (C=O) groups is 3. The summed E-state index contributed by atoms with van der Waals surface area (Å²) in [6, 6.07) is 10.8. The Morgan fingerprint density at radius 1 is 0.953 bits per heavy atom. The molecule has 11 heteroatoms. The highest BCUT2D eigenvalue weighted by molar-refractivity contribution is 5.97. The van der Waals surface area contributed by atoms with Crippen molar-refractivity contribution in [2.75, 3.05) is 33.9 Å². The van der Waals surface area contributed by atoms with Crippen molar-refractivity contribution >= 4 is 17.7 Å². The third-order valence-electron chi connectivity index (χ3n) is 7.52. The molecule has 6 rings (SSSR count). The Bertz CT molecular complexity index is 1530. The molecule has 3 heterocycles. The van der Waals surface area contributed by atoms with Crippen LogP contribution in [0.15, 0.2) is 42.5 Å². The van der Waals surface area contributed by atoms with E-state index < -0.39 is 5.82 Å². The number of nitrogens with one attached hydrogen (secondary N) is 2. The van der Waals surface area contributed by atoms with Crippen LogP contribution in [0.1, 0.15) is 63.2 Å². The van der Waals surface area contributed by atoms with E-state index in [4.69, 9.17) is 14.2 Å². The minimum Gasteiger partial charge on any atom is -0.493 e. The zero-order valence-corrected chi connectivity index (χ0v) is 24.3. The van der Waals surface area contributed by atoms with Crippen molar-refractivity contribution in [1.82, 2.24) is 20.5 Å². The molecule has 3 aliphatic rings. The summed E-state index contributed by atoms with van der Waals surface area (Å²) in [6.07, 6.45) is 3.78. The maximum Gasteiger partial charge on any atom is 0.259 e. The van der Waals surface area contributed by atoms with Crippen molar-refractivity contribution in [2.24, 2.45) is 0 Å². The summed E-state index contributed by atoms with van der Waals surface area (Å²) in [4.78, 5) is 45.6. The molecule has 4 bridgehead atoms. The fourth-order valence-corrected chi connectivity index (χ4v) is 5.34. The van der Waals surface area contributed by atoms with E-state index in [2.05, 4.69) is 15.6 Å². The van der Waals surface area contributed by atoms with Gasteiger partial charge in [-0.2, -0.15) is 0 Å². The molecule has 10 nitrogen and oxygen atoms in total. The Morgan fingerprint density at radius 3 is 2.60 bits per heavy atom. The molecule has 0 saturated heterocycles. The monoisotopic (exact) mass is 590 g/mol. The van der Waals surface area contributed by atoms with E-state index in [1.807, 2.05) is 6.07 Å². The smallest absolute Gasteiger partial charge is 0.259 e. The van der Waals surface area contributed by atoms with Crippen LogP contribution in [0, 0.1) is 5.82 Å². The first-order valence-electron chi connectivity index (χ1n) is 14.4. The molecule has 1 aromatic heterocycles. The van der Waals surface area contributed by atoms with Crippen LogP contribution in [0.5, 0.6) is 23.1 Å². The van der Waals surface area contributed by atoms with Gasteiger partial charge in [0.25, 0.3) is 11.8 Å². The number of hydrogen-bond donors (Lipinski definition) is 2. The summed E-state index contributed by atoms with van der Waals surface area (Å²) >= 11 is 0. The summed E-state index contributed by atoms with van der Waals surface area (Å²) < 4.78 is 31.2. The van der Waals surface area contributed by atoms with E-state index in [-0.39, 0.29) is 36.4 Å². The molecule has 0 fully saturated rings. The number of pyridine rings is 1. The number of hydrogen-bond acceptors (Lipinski definition) is 7. The molecular weight excluding hydrogens is 555 g/mol. The molecule has 226 valence electrons. The molecular formula is C32H35FN4O6. The molecule has 3 amide bonds. The fourth-order valence-electron chi connectivity index (χ4n) is 5.34. The molecule has 0 atom stereocenters. The molecule has 2 aromatic carbocycles. The van der Waals surface area contributed by atoms with Crippen molar-refractivity contribution in [3.63, 3.8) is 0 Å². The number of methoxy groups -OCH3 is 2. The third-order valence-corrected chi connectivity index (χ3v) is 7.52. The number of aryl methyl sites for hydroxylation is 2. The van der Waals surface area contributed by atoms with Crippen molar-refractivity contribution in [3.05, 3.63) is 76.2 Å². The average molecular weight is 591 g/mol. The van der Waals surface area contributed by atoms with Gasteiger partial charge in [-0.05, 0) is 79.6 Å². The van der Waals surface area contributed by atoms with Gasteiger partial charge in [0, 0.05) is 49.9 Å². The van der Waals surface area contributed by atoms with Gasteiger partial charge in [0.1, 0.15) is 17.1 Å². The summed E-state index contributed by atoms with van der Waals surface area (Å²) in [7, 11) is 2.95. The predicted octanol–water partition coefficient (Wildman–Crippen LogP) is 4.19. The van der Waals surface area contributed by atoms with Crippen LogP contribution in [0.2, 0.25) is 0 Å². The largest absolute Gasteiger partial charge is 0.493 e. The van der Waals surface area contributed by atoms with Gasteiger partial charge < -0.3 is 29.7 Å². The zero-order chi connectivity index (χ0) is 30.3. The van der Waals surface area contributed by atoms with Crippen molar-refractivity contribution in [2.45, 2.75) is 45.1 Å². The Balaban J connectivity index is 1.38. The van der Waals surface area contributed by atoms with Gasteiger partial charge in [-0.25, -0.2) is 9.37 Å². The van der Waals surface area contributed by atoms with Crippen LogP contribution in [0.4, 0.5) is 4.39 Å². The lowest BCUT2D eigenvalue weighted by Gasteiger charge is -2.24. The number of nitrogens with zero attached hydrogens (tertiary/aromatic N) is 2. The van der Waals surface area contributed by atoms with Gasteiger partial charge in [0.15, 0.2) is 11.5 Å². The predicted molar refractivity (Wildman–Crippen MR) is 156 cm³/mol. The lowest BCUT2D eigenvalue weighted by molar-refractivity contribution is -0.121. The number of amides is 3. The van der Waals surface area contributed by atoms with Crippen LogP contribution < -0.4 is 24.8 Å². The topological polar surface area (TPSA) is 119 Å². The lowest BCUT2D eigenvalue weighted by atomic mass is 10.1. The summed E-state index contributed by atoms with van der Waals surface area (Å²) in [5.74, 6) is -0.181. The zero-order valence-electron chi connectivity index (χ0n) is 24.3. The molecule has 1 aliphatic carbocycles. The third kappa shape index (κ3) is 7.22. The second kappa shape index (κ2) is 13.5. The van der Waals surface area contributed by atoms with Gasteiger partial charge in [0.05, 0.1) is 14.2 Å². The molecule has 2 aliphatic heterocycles. The van der Waals surface area contributed by atoms with Gasteiger partial charge >= 0.3 is 0 Å². The molecule has 43 heavy (non-hydrogen) atoms. The van der Waals surface area contributed by atoms with E-state index in [1.54, 1.807) is 29.2 Å². The molecule has 3 aromatic rings. The van der Waals surface area contributed by atoms with Gasteiger partial charge in [0.2, 0.25) is 11.8 Å². The number of rotatable bonds is 3. The van der Waals surface area contributed by atoms with Crippen LogP contribution in [0.25, 0.3) is 0 Å². The first-order chi connectivity index (χ1) is 20.8. The standard InChI is InChI=1S/C32H35FN4O6/c1-41-28-17-22-9-10-27(28)43-24-15-20(14-23(33)18-24)19-35-29(38)8-4-12-37(13-5-11-34-30(22)39)32(40)25-16-21-6-3-7-26(21)36-31(25)42-2/h9-10,14-18H,3-8,11-13,19H2,1-2H3,(H,34,39)(H,35,38). The van der Waals surface area contributed by atoms with Gasteiger partial charge in [-0.15, -0.1) is 0 Å². The summed E-state index contributed by atoms with van der Waals surface area (Å²) in [6.45, 7) is 1.08. The number of benzene rings is 2. The first-order valence-corrected chi connectivity index (χ1v) is 14.4. The number of aromatic nitrogens is 1. The Morgan fingerprint density at radius 2 is 1.79 bits per heavy atom. The van der Waals surface area contributed by atoms with Crippen molar-refractivity contribution < 1.29 is 33.0 Å². The average Bonchev–Trinajstić information content (AvgIpc) is 3.47.